The zero-order chi connectivity index (χ0) is 20.9. The lowest BCUT2D eigenvalue weighted by Crippen LogP contribution is -2.09. The topological polar surface area (TPSA) is 74.7 Å². The van der Waals surface area contributed by atoms with Crippen LogP contribution in [0.3, 0.4) is 0 Å². The largest absolute Gasteiger partial charge is 0.382 e. The van der Waals surface area contributed by atoms with Gasteiger partial charge in [0, 0.05) is 5.02 Å². The van der Waals surface area contributed by atoms with E-state index in [2.05, 4.69) is 28.5 Å². The zero-order valence-corrected chi connectivity index (χ0v) is 16.9. The fourth-order valence-electron chi connectivity index (χ4n) is 3.35. The van der Waals surface area contributed by atoms with Gasteiger partial charge in [0.1, 0.15) is 11.8 Å². The molecule has 0 spiro atoms. The molecule has 0 saturated carbocycles. The molecule has 0 amide bonds. The number of nitriles is 1. The molecule has 1 atom stereocenters. The molecular formula is C24H19ClN4O. The summed E-state index contributed by atoms with van der Waals surface area (Å²) < 4.78 is 1.73. The average Bonchev–Trinajstić information content (AvgIpc) is 3.22. The summed E-state index contributed by atoms with van der Waals surface area (Å²) in [6.45, 7) is 0. The van der Waals surface area contributed by atoms with Crippen LogP contribution in [0.25, 0.3) is 5.69 Å². The van der Waals surface area contributed by atoms with Crippen LogP contribution in [0.15, 0.2) is 78.9 Å². The normalized spacial score (nSPS) is 11.8. The van der Waals surface area contributed by atoms with Crippen molar-refractivity contribution >= 4 is 11.6 Å². The molecule has 0 radical (unpaired) electrons. The predicted octanol–water partition coefficient (Wildman–Crippen LogP) is 4.66. The summed E-state index contributed by atoms with van der Waals surface area (Å²) in [7, 11) is 0. The molecule has 5 nitrogen and oxygen atoms in total. The van der Waals surface area contributed by atoms with Crippen molar-refractivity contribution in [2.24, 2.45) is 0 Å². The third-order valence-electron chi connectivity index (χ3n) is 4.97. The van der Waals surface area contributed by atoms with Crippen LogP contribution in [0, 0.1) is 11.3 Å². The summed E-state index contributed by atoms with van der Waals surface area (Å²) in [5, 5.41) is 29.3. The molecule has 4 aromatic rings. The Bertz CT molecular complexity index is 1160. The first kappa shape index (κ1) is 19.8. The molecule has 1 heterocycles. The summed E-state index contributed by atoms with van der Waals surface area (Å²) >= 11 is 5.98. The highest BCUT2D eigenvalue weighted by Crippen LogP contribution is 2.27. The molecule has 30 heavy (non-hydrogen) atoms. The summed E-state index contributed by atoms with van der Waals surface area (Å²) in [5.74, 6) is 0. The maximum absolute atomic E-state index is 11.0. The van der Waals surface area contributed by atoms with Crippen molar-refractivity contribution in [3.05, 3.63) is 112 Å². The van der Waals surface area contributed by atoms with Gasteiger partial charge in [-0.3, -0.25) is 0 Å². The summed E-state index contributed by atoms with van der Waals surface area (Å²) in [6.07, 6.45) is 0.516. The van der Waals surface area contributed by atoms with Crippen molar-refractivity contribution in [2.45, 2.75) is 18.9 Å². The Morgan fingerprint density at radius 3 is 2.30 bits per heavy atom. The molecule has 0 aliphatic rings. The van der Waals surface area contributed by atoms with Crippen LogP contribution in [0.4, 0.5) is 0 Å². The Morgan fingerprint density at radius 2 is 1.63 bits per heavy atom. The molecule has 0 saturated heterocycles. The van der Waals surface area contributed by atoms with E-state index in [1.54, 1.807) is 41.1 Å². The number of nitrogens with zero attached hydrogens (tertiary/aromatic N) is 4. The molecule has 148 valence electrons. The molecular weight excluding hydrogens is 396 g/mol. The number of aliphatic hydroxyl groups is 1. The maximum Gasteiger partial charge on any atom is 0.125 e. The van der Waals surface area contributed by atoms with E-state index < -0.39 is 6.10 Å². The summed E-state index contributed by atoms with van der Waals surface area (Å²) in [4.78, 5) is 0. The number of aryl methyl sites for hydroxylation is 1. The second kappa shape index (κ2) is 8.91. The number of benzene rings is 3. The van der Waals surface area contributed by atoms with Crippen molar-refractivity contribution in [3.63, 3.8) is 0 Å². The van der Waals surface area contributed by atoms with Gasteiger partial charge in [-0.1, -0.05) is 59.3 Å². The van der Waals surface area contributed by atoms with Crippen LogP contribution in [0.2, 0.25) is 5.02 Å². The third kappa shape index (κ3) is 4.25. The Morgan fingerprint density at radius 1 is 0.933 bits per heavy atom. The smallest absolute Gasteiger partial charge is 0.125 e. The molecule has 1 aromatic heterocycles. The minimum atomic E-state index is -0.917. The van der Waals surface area contributed by atoms with Crippen molar-refractivity contribution in [1.29, 1.82) is 5.26 Å². The minimum Gasteiger partial charge on any atom is -0.382 e. The lowest BCUT2D eigenvalue weighted by molar-refractivity contribution is 0.214. The van der Waals surface area contributed by atoms with Crippen molar-refractivity contribution in [1.82, 2.24) is 15.0 Å². The highest BCUT2D eigenvalue weighted by molar-refractivity contribution is 6.30. The summed E-state index contributed by atoms with van der Waals surface area (Å²) in [6, 6.07) is 26.5. The standard InChI is InChI=1S/C24H19ClN4O/c25-20-11-9-19(10-12-20)24(30)23-22(15-8-17-4-2-1-3-5-17)29(28-27-23)21-13-6-18(16-26)7-14-21/h1-7,9-14,24,30H,8,15H2. The average molecular weight is 415 g/mol. The Kier molecular flexibility index (Phi) is 5.89. The monoisotopic (exact) mass is 414 g/mol. The lowest BCUT2D eigenvalue weighted by Gasteiger charge is -2.13. The molecule has 0 aliphatic heterocycles. The lowest BCUT2D eigenvalue weighted by atomic mass is 10.0. The van der Waals surface area contributed by atoms with Crippen molar-refractivity contribution in [3.8, 4) is 11.8 Å². The van der Waals surface area contributed by atoms with Crippen LogP contribution in [-0.2, 0) is 12.8 Å². The molecule has 6 heteroatoms. The number of hydrogen-bond acceptors (Lipinski definition) is 4. The van der Waals surface area contributed by atoms with Crippen LogP contribution < -0.4 is 0 Å². The van der Waals surface area contributed by atoms with Gasteiger partial charge in [0.25, 0.3) is 0 Å². The van der Waals surface area contributed by atoms with E-state index in [9.17, 15) is 5.11 Å². The van der Waals surface area contributed by atoms with Gasteiger partial charge in [-0.05, 0) is 60.4 Å². The maximum atomic E-state index is 11.0. The van der Waals surface area contributed by atoms with E-state index in [0.717, 1.165) is 17.8 Å². The second-order valence-corrected chi connectivity index (χ2v) is 7.37. The number of aromatic nitrogens is 3. The van der Waals surface area contributed by atoms with E-state index in [1.807, 2.05) is 30.3 Å². The van der Waals surface area contributed by atoms with Gasteiger partial charge in [0.05, 0.1) is 23.0 Å². The van der Waals surface area contributed by atoms with E-state index in [0.29, 0.717) is 28.3 Å². The molecule has 4 rings (SSSR count). The van der Waals surface area contributed by atoms with Crippen LogP contribution in [-0.4, -0.2) is 20.1 Å². The van der Waals surface area contributed by atoms with Crippen LogP contribution >= 0.6 is 11.6 Å². The molecule has 0 bridgehead atoms. The van der Waals surface area contributed by atoms with Crippen molar-refractivity contribution < 1.29 is 5.11 Å². The van der Waals surface area contributed by atoms with Gasteiger partial charge >= 0.3 is 0 Å². The SMILES string of the molecule is N#Cc1ccc(-n2nnc(C(O)c3ccc(Cl)cc3)c2CCc2ccccc2)cc1. The van der Waals surface area contributed by atoms with Gasteiger partial charge in [0.2, 0.25) is 0 Å². The number of rotatable bonds is 6. The minimum absolute atomic E-state index is 0.512. The Labute approximate surface area is 179 Å². The van der Waals surface area contributed by atoms with Crippen molar-refractivity contribution in [2.75, 3.05) is 0 Å². The molecule has 0 fully saturated rings. The molecule has 1 unspecified atom stereocenters. The van der Waals surface area contributed by atoms with Gasteiger partial charge in [0.15, 0.2) is 0 Å². The van der Waals surface area contributed by atoms with E-state index in [4.69, 9.17) is 16.9 Å². The molecule has 3 aromatic carbocycles. The zero-order valence-electron chi connectivity index (χ0n) is 16.1. The van der Waals surface area contributed by atoms with E-state index in [-0.39, 0.29) is 0 Å². The summed E-state index contributed by atoms with van der Waals surface area (Å²) in [5.41, 5.74) is 4.60. The fourth-order valence-corrected chi connectivity index (χ4v) is 3.48. The van der Waals surface area contributed by atoms with Gasteiger partial charge < -0.3 is 5.11 Å². The highest BCUT2D eigenvalue weighted by atomic mass is 35.5. The van der Waals surface area contributed by atoms with E-state index >= 15 is 0 Å². The third-order valence-corrected chi connectivity index (χ3v) is 5.22. The van der Waals surface area contributed by atoms with Crippen LogP contribution in [0.5, 0.6) is 0 Å². The first-order valence-corrected chi connectivity index (χ1v) is 9.96. The molecule has 1 N–H and O–H groups in total. The fraction of sp³-hybridized carbons (Fsp3) is 0.125. The molecule has 0 aliphatic carbocycles. The van der Waals surface area contributed by atoms with Gasteiger partial charge in [-0.2, -0.15) is 5.26 Å². The van der Waals surface area contributed by atoms with Gasteiger partial charge in [-0.25, -0.2) is 4.68 Å². The predicted molar refractivity (Wildman–Crippen MR) is 115 cm³/mol. The first-order chi connectivity index (χ1) is 14.7. The van der Waals surface area contributed by atoms with E-state index in [1.165, 1.54) is 5.56 Å². The highest BCUT2D eigenvalue weighted by Gasteiger charge is 2.22. The Balaban J connectivity index is 1.72. The second-order valence-electron chi connectivity index (χ2n) is 6.93. The van der Waals surface area contributed by atoms with Gasteiger partial charge in [-0.15, -0.1) is 5.10 Å². The Hall–Kier alpha value is -3.46. The number of halogens is 1. The number of aliphatic hydroxyl groups excluding tert-OH is 1. The quantitative estimate of drug-likeness (QED) is 0.498. The number of hydrogen-bond donors (Lipinski definition) is 1. The first-order valence-electron chi connectivity index (χ1n) is 9.58. The van der Waals surface area contributed by atoms with Crippen LogP contribution in [0.1, 0.15) is 34.2 Å².